The molecular weight excluding hydrogens is 270 g/mol. The summed E-state index contributed by atoms with van der Waals surface area (Å²) in [5, 5.41) is 4.17. The second kappa shape index (κ2) is 6.78. The SMILES string of the molecule is CCNC(C)c1ccc(-c2ccc(OC)cc2)cc1Cl. The Labute approximate surface area is 125 Å². The van der Waals surface area contributed by atoms with Crippen LogP contribution in [0.2, 0.25) is 5.02 Å². The average molecular weight is 290 g/mol. The van der Waals surface area contributed by atoms with Crippen LogP contribution in [0.5, 0.6) is 5.75 Å². The summed E-state index contributed by atoms with van der Waals surface area (Å²) < 4.78 is 5.17. The third-order valence-corrected chi connectivity index (χ3v) is 3.73. The molecule has 0 fully saturated rings. The number of benzene rings is 2. The number of halogens is 1. The van der Waals surface area contributed by atoms with E-state index in [0.717, 1.165) is 34.0 Å². The first-order valence-electron chi connectivity index (χ1n) is 6.83. The van der Waals surface area contributed by atoms with E-state index in [2.05, 4.69) is 31.3 Å². The number of methoxy groups -OCH3 is 1. The second-order valence-corrected chi connectivity index (χ2v) is 5.15. The summed E-state index contributed by atoms with van der Waals surface area (Å²) in [4.78, 5) is 0. The van der Waals surface area contributed by atoms with Crippen LogP contribution in [0, 0.1) is 0 Å². The minimum absolute atomic E-state index is 0.261. The Kier molecular flexibility index (Phi) is 5.05. The van der Waals surface area contributed by atoms with Gasteiger partial charge in [-0.05, 0) is 48.4 Å². The lowest BCUT2D eigenvalue weighted by molar-refractivity contribution is 0.415. The predicted octanol–water partition coefficient (Wildman–Crippen LogP) is 4.69. The minimum Gasteiger partial charge on any atom is -0.497 e. The van der Waals surface area contributed by atoms with Crippen molar-refractivity contribution in [2.45, 2.75) is 19.9 Å². The number of hydrogen-bond donors (Lipinski definition) is 1. The molecule has 0 bridgehead atoms. The molecule has 0 aliphatic rings. The summed E-state index contributed by atoms with van der Waals surface area (Å²) >= 11 is 6.40. The first-order chi connectivity index (χ1) is 9.65. The molecule has 106 valence electrons. The Balaban J connectivity index is 2.27. The molecule has 20 heavy (non-hydrogen) atoms. The zero-order valence-electron chi connectivity index (χ0n) is 12.1. The molecule has 1 unspecified atom stereocenters. The van der Waals surface area contributed by atoms with Crippen LogP contribution in [0.15, 0.2) is 42.5 Å². The molecule has 1 N–H and O–H groups in total. The Morgan fingerprint density at radius 3 is 2.30 bits per heavy atom. The first kappa shape index (κ1) is 14.9. The van der Waals surface area contributed by atoms with E-state index in [9.17, 15) is 0 Å². The van der Waals surface area contributed by atoms with Gasteiger partial charge in [-0.25, -0.2) is 0 Å². The highest BCUT2D eigenvalue weighted by Gasteiger charge is 2.09. The fraction of sp³-hybridized carbons (Fsp3) is 0.294. The zero-order chi connectivity index (χ0) is 14.5. The van der Waals surface area contributed by atoms with Crippen LogP contribution in [0.1, 0.15) is 25.5 Å². The molecule has 0 aliphatic heterocycles. The molecule has 2 aromatic carbocycles. The summed E-state index contributed by atoms with van der Waals surface area (Å²) in [6.07, 6.45) is 0. The largest absolute Gasteiger partial charge is 0.497 e. The topological polar surface area (TPSA) is 21.3 Å². The molecule has 0 aromatic heterocycles. The molecule has 0 aliphatic carbocycles. The van der Waals surface area contributed by atoms with E-state index in [1.54, 1.807) is 7.11 Å². The lowest BCUT2D eigenvalue weighted by atomic mass is 10.0. The van der Waals surface area contributed by atoms with Gasteiger partial charge >= 0.3 is 0 Å². The fourth-order valence-electron chi connectivity index (χ4n) is 2.26. The van der Waals surface area contributed by atoms with E-state index in [0.29, 0.717) is 0 Å². The molecule has 0 saturated heterocycles. The van der Waals surface area contributed by atoms with Crippen molar-refractivity contribution in [3.05, 3.63) is 53.1 Å². The van der Waals surface area contributed by atoms with Crippen molar-refractivity contribution in [1.29, 1.82) is 0 Å². The molecule has 0 spiro atoms. The summed E-state index contributed by atoms with van der Waals surface area (Å²) in [6, 6.07) is 14.5. The van der Waals surface area contributed by atoms with E-state index in [1.165, 1.54) is 0 Å². The quantitative estimate of drug-likeness (QED) is 0.862. The molecule has 3 heteroatoms. The van der Waals surface area contributed by atoms with Crippen LogP contribution >= 0.6 is 11.6 Å². The number of nitrogens with one attached hydrogen (secondary N) is 1. The zero-order valence-corrected chi connectivity index (χ0v) is 12.9. The number of ether oxygens (including phenoxy) is 1. The summed E-state index contributed by atoms with van der Waals surface area (Å²) in [5.41, 5.74) is 3.38. The highest BCUT2D eigenvalue weighted by atomic mass is 35.5. The van der Waals surface area contributed by atoms with Crippen molar-refractivity contribution >= 4 is 11.6 Å². The van der Waals surface area contributed by atoms with E-state index in [4.69, 9.17) is 16.3 Å². The van der Waals surface area contributed by atoms with Gasteiger partial charge in [0.2, 0.25) is 0 Å². The van der Waals surface area contributed by atoms with Crippen LogP contribution in [-0.2, 0) is 0 Å². The van der Waals surface area contributed by atoms with Gasteiger partial charge in [0.25, 0.3) is 0 Å². The molecule has 1 atom stereocenters. The van der Waals surface area contributed by atoms with E-state index in [1.807, 2.05) is 30.3 Å². The van der Waals surface area contributed by atoms with Crippen molar-refractivity contribution in [3.8, 4) is 16.9 Å². The molecular formula is C17H20ClNO. The summed E-state index contributed by atoms with van der Waals surface area (Å²) in [7, 11) is 1.67. The second-order valence-electron chi connectivity index (χ2n) is 4.74. The van der Waals surface area contributed by atoms with Gasteiger partial charge < -0.3 is 10.1 Å². The standard InChI is InChI=1S/C17H20ClNO/c1-4-19-12(2)16-10-7-14(11-17(16)18)13-5-8-15(20-3)9-6-13/h5-12,19H,4H2,1-3H3. The summed E-state index contributed by atoms with van der Waals surface area (Å²) in [6.45, 7) is 5.14. The normalized spacial score (nSPS) is 12.2. The highest BCUT2D eigenvalue weighted by molar-refractivity contribution is 6.31. The van der Waals surface area contributed by atoms with Gasteiger partial charge in [-0.2, -0.15) is 0 Å². The van der Waals surface area contributed by atoms with Crippen molar-refractivity contribution in [3.63, 3.8) is 0 Å². The van der Waals surface area contributed by atoms with Crippen LogP contribution in [-0.4, -0.2) is 13.7 Å². The predicted molar refractivity (Wildman–Crippen MR) is 85.5 cm³/mol. The third-order valence-electron chi connectivity index (χ3n) is 3.40. The summed E-state index contributed by atoms with van der Waals surface area (Å²) in [5.74, 6) is 0.859. The van der Waals surface area contributed by atoms with Crippen LogP contribution in [0.3, 0.4) is 0 Å². The molecule has 0 saturated carbocycles. The van der Waals surface area contributed by atoms with Gasteiger partial charge in [-0.1, -0.05) is 42.8 Å². The first-order valence-corrected chi connectivity index (χ1v) is 7.20. The number of rotatable bonds is 5. The van der Waals surface area contributed by atoms with Crippen LogP contribution in [0.25, 0.3) is 11.1 Å². The maximum absolute atomic E-state index is 6.40. The van der Waals surface area contributed by atoms with Crippen molar-refractivity contribution in [2.75, 3.05) is 13.7 Å². The van der Waals surface area contributed by atoms with Gasteiger partial charge in [0, 0.05) is 11.1 Å². The molecule has 0 amide bonds. The van der Waals surface area contributed by atoms with Crippen molar-refractivity contribution < 1.29 is 4.74 Å². The van der Waals surface area contributed by atoms with Gasteiger partial charge in [0.1, 0.15) is 5.75 Å². The van der Waals surface area contributed by atoms with Crippen molar-refractivity contribution in [1.82, 2.24) is 5.32 Å². The van der Waals surface area contributed by atoms with Gasteiger partial charge in [-0.15, -0.1) is 0 Å². The lowest BCUT2D eigenvalue weighted by Gasteiger charge is -2.15. The fourth-order valence-corrected chi connectivity index (χ4v) is 2.60. The van der Waals surface area contributed by atoms with Gasteiger partial charge in [0.15, 0.2) is 0 Å². The lowest BCUT2D eigenvalue weighted by Crippen LogP contribution is -2.17. The Hall–Kier alpha value is -1.51. The smallest absolute Gasteiger partial charge is 0.118 e. The van der Waals surface area contributed by atoms with Crippen molar-refractivity contribution in [2.24, 2.45) is 0 Å². The molecule has 2 nitrogen and oxygen atoms in total. The van der Waals surface area contributed by atoms with E-state index >= 15 is 0 Å². The van der Waals surface area contributed by atoms with Gasteiger partial charge in [-0.3, -0.25) is 0 Å². The Morgan fingerprint density at radius 1 is 1.10 bits per heavy atom. The van der Waals surface area contributed by atoms with E-state index < -0.39 is 0 Å². The van der Waals surface area contributed by atoms with Crippen LogP contribution in [0.4, 0.5) is 0 Å². The third kappa shape index (κ3) is 3.33. The molecule has 2 aromatic rings. The Bertz CT molecular complexity index is 566. The average Bonchev–Trinajstić information content (AvgIpc) is 2.47. The molecule has 2 rings (SSSR count). The minimum atomic E-state index is 0.261. The van der Waals surface area contributed by atoms with Crippen LogP contribution < -0.4 is 10.1 Å². The number of hydrogen-bond acceptors (Lipinski definition) is 2. The maximum Gasteiger partial charge on any atom is 0.118 e. The highest BCUT2D eigenvalue weighted by Crippen LogP contribution is 2.29. The van der Waals surface area contributed by atoms with E-state index in [-0.39, 0.29) is 6.04 Å². The maximum atomic E-state index is 6.40. The monoisotopic (exact) mass is 289 g/mol. The van der Waals surface area contributed by atoms with Gasteiger partial charge in [0.05, 0.1) is 7.11 Å². The molecule has 0 heterocycles. The molecule has 0 radical (unpaired) electrons. The Morgan fingerprint density at radius 2 is 1.75 bits per heavy atom.